The van der Waals surface area contributed by atoms with Gasteiger partial charge >= 0.3 is 6.03 Å². The molecule has 5 aliphatic rings. The molecule has 5 fully saturated rings. The van der Waals surface area contributed by atoms with Crippen molar-refractivity contribution in [3.05, 3.63) is 70.2 Å². The molecular formula is C32H38N4O4S2. The molecule has 4 bridgehead atoms. The van der Waals surface area contributed by atoms with Crippen LogP contribution in [0.25, 0.3) is 0 Å². The van der Waals surface area contributed by atoms with Crippen molar-refractivity contribution in [3.8, 4) is 0 Å². The van der Waals surface area contributed by atoms with Crippen molar-refractivity contribution in [2.45, 2.75) is 86.9 Å². The Balaban J connectivity index is 1.02. The number of aromatic nitrogens is 2. The van der Waals surface area contributed by atoms with E-state index in [-0.39, 0.29) is 30.4 Å². The SMILES string of the molecule is Cc1nnc(SCC2CC(c3ccc(CO)cc3)OC(c3ccc(NC(=O)NC45CC6CC(CC(C6)C4)C5)cc3)O2)s1. The number of hydrogen-bond donors (Lipinski definition) is 3. The van der Waals surface area contributed by atoms with Crippen LogP contribution in [0.3, 0.4) is 0 Å². The first kappa shape index (κ1) is 28.3. The second-order valence-electron chi connectivity index (χ2n) is 12.6. The van der Waals surface area contributed by atoms with Crippen LogP contribution in [0.2, 0.25) is 0 Å². The summed E-state index contributed by atoms with van der Waals surface area (Å²) in [6, 6.07) is 15.6. The minimum absolute atomic E-state index is 0.0129. The van der Waals surface area contributed by atoms with E-state index in [1.807, 2.05) is 55.5 Å². The Hall–Kier alpha value is -2.50. The molecule has 1 aromatic heterocycles. The number of aliphatic hydroxyl groups excluding tert-OH is 1. The molecule has 8 nitrogen and oxygen atoms in total. The van der Waals surface area contributed by atoms with Crippen LogP contribution in [-0.2, 0) is 16.1 Å². The fourth-order valence-corrected chi connectivity index (χ4v) is 9.77. The first-order chi connectivity index (χ1) is 20.4. The summed E-state index contributed by atoms with van der Waals surface area (Å²) in [6.45, 7) is 1.97. The van der Waals surface area contributed by atoms with Gasteiger partial charge in [-0.05, 0) is 86.5 Å². The minimum atomic E-state index is -0.544. The number of aryl methyl sites for hydroxylation is 1. The Morgan fingerprint density at radius 3 is 2.24 bits per heavy atom. The number of thioether (sulfide) groups is 1. The van der Waals surface area contributed by atoms with Gasteiger partial charge in [0.25, 0.3) is 0 Å². The fraction of sp³-hybridized carbons (Fsp3) is 0.531. The average molecular weight is 607 g/mol. The highest BCUT2D eigenvalue weighted by Crippen LogP contribution is 2.55. The molecule has 2 heterocycles. The molecule has 3 atom stereocenters. The molecule has 3 unspecified atom stereocenters. The van der Waals surface area contributed by atoms with Crippen LogP contribution in [0.15, 0.2) is 52.9 Å². The van der Waals surface area contributed by atoms with Crippen molar-refractivity contribution in [3.63, 3.8) is 0 Å². The number of anilines is 1. The van der Waals surface area contributed by atoms with Gasteiger partial charge in [0.1, 0.15) is 5.01 Å². The normalized spacial score (nSPS) is 31.7. The Labute approximate surface area is 255 Å². The summed E-state index contributed by atoms with van der Waals surface area (Å²) in [5.74, 6) is 3.09. The molecule has 3 N–H and O–H groups in total. The van der Waals surface area contributed by atoms with Gasteiger partial charge < -0.3 is 25.2 Å². The van der Waals surface area contributed by atoms with Gasteiger partial charge in [-0.3, -0.25) is 0 Å². The third kappa shape index (κ3) is 6.24. The van der Waals surface area contributed by atoms with E-state index in [1.165, 1.54) is 19.3 Å². The third-order valence-corrected chi connectivity index (χ3v) is 11.5. The largest absolute Gasteiger partial charge is 0.392 e. The predicted molar refractivity (Wildman–Crippen MR) is 163 cm³/mol. The number of rotatable bonds is 8. The number of nitrogens with one attached hydrogen (secondary N) is 2. The van der Waals surface area contributed by atoms with Gasteiger partial charge in [-0.1, -0.05) is 59.5 Å². The van der Waals surface area contributed by atoms with Crippen LogP contribution in [0.1, 0.15) is 79.0 Å². The predicted octanol–water partition coefficient (Wildman–Crippen LogP) is 6.77. The zero-order valence-electron chi connectivity index (χ0n) is 23.8. The molecule has 2 aromatic carbocycles. The number of urea groups is 1. The number of carbonyl (C=O) groups excluding carboxylic acids is 1. The number of carbonyl (C=O) groups is 1. The molecule has 1 aliphatic heterocycles. The number of nitrogens with zero attached hydrogens (tertiary/aromatic N) is 2. The van der Waals surface area contributed by atoms with E-state index in [0.29, 0.717) is 6.42 Å². The maximum atomic E-state index is 13.1. The van der Waals surface area contributed by atoms with E-state index in [4.69, 9.17) is 9.47 Å². The summed E-state index contributed by atoms with van der Waals surface area (Å²) in [7, 11) is 0. The summed E-state index contributed by atoms with van der Waals surface area (Å²) in [4.78, 5) is 13.1. The lowest BCUT2D eigenvalue weighted by molar-refractivity contribution is -0.245. The van der Waals surface area contributed by atoms with Crippen LogP contribution >= 0.6 is 23.1 Å². The van der Waals surface area contributed by atoms with E-state index in [9.17, 15) is 9.90 Å². The van der Waals surface area contributed by atoms with Gasteiger partial charge in [-0.25, -0.2) is 4.79 Å². The lowest BCUT2D eigenvalue weighted by Crippen LogP contribution is -2.60. The third-order valence-electron chi connectivity index (χ3n) is 9.37. The van der Waals surface area contributed by atoms with Crippen molar-refractivity contribution >= 4 is 34.8 Å². The van der Waals surface area contributed by atoms with Crippen molar-refractivity contribution < 1.29 is 19.4 Å². The zero-order chi connectivity index (χ0) is 28.7. The Kier molecular flexibility index (Phi) is 8.00. The molecule has 3 aromatic rings. The number of ether oxygens (including phenoxy) is 2. The molecule has 0 radical (unpaired) electrons. The van der Waals surface area contributed by atoms with Gasteiger partial charge in [0.05, 0.1) is 18.8 Å². The summed E-state index contributed by atoms with van der Waals surface area (Å²) in [5.41, 5.74) is 3.57. The molecule has 8 rings (SSSR count). The van der Waals surface area contributed by atoms with E-state index in [0.717, 1.165) is 74.5 Å². The first-order valence-corrected chi connectivity index (χ1v) is 16.8. The summed E-state index contributed by atoms with van der Waals surface area (Å²) in [6.07, 6.45) is 7.41. The summed E-state index contributed by atoms with van der Waals surface area (Å²) in [5, 5.41) is 25.3. The maximum absolute atomic E-state index is 13.1. The maximum Gasteiger partial charge on any atom is 0.319 e. The van der Waals surface area contributed by atoms with Crippen molar-refractivity contribution in [1.29, 1.82) is 0 Å². The average Bonchev–Trinajstić information content (AvgIpc) is 3.40. The highest BCUT2D eigenvalue weighted by molar-refractivity contribution is 8.01. The number of amides is 2. The van der Waals surface area contributed by atoms with Gasteiger partial charge in [0, 0.05) is 29.0 Å². The second-order valence-corrected chi connectivity index (χ2v) is 15.1. The summed E-state index contributed by atoms with van der Waals surface area (Å²) < 4.78 is 13.9. The molecule has 2 amide bonds. The van der Waals surface area contributed by atoms with Gasteiger partial charge in [-0.2, -0.15) is 0 Å². The Morgan fingerprint density at radius 2 is 1.62 bits per heavy atom. The smallest absolute Gasteiger partial charge is 0.319 e. The Bertz CT molecular complexity index is 1360. The fourth-order valence-electron chi connectivity index (χ4n) is 7.91. The van der Waals surface area contributed by atoms with E-state index in [1.54, 1.807) is 23.1 Å². The van der Waals surface area contributed by atoms with Gasteiger partial charge in [-0.15, -0.1) is 10.2 Å². The number of hydrogen-bond acceptors (Lipinski definition) is 8. The Morgan fingerprint density at radius 1 is 0.952 bits per heavy atom. The van der Waals surface area contributed by atoms with Gasteiger partial charge in [0.15, 0.2) is 10.6 Å². The second kappa shape index (κ2) is 11.9. The van der Waals surface area contributed by atoms with Crippen molar-refractivity contribution in [1.82, 2.24) is 15.5 Å². The van der Waals surface area contributed by atoms with E-state index >= 15 is 0 Å². The topological polar surface area (TPSA) is 106 Å². The zero-order valence-corrected chi connectivity index (χ0v) is 25.5. The van der Waals surface area contributed by atoms with Crippen LogP contribution in [0, 0.1) is 24.7 Å². The lowest BCUT2D eigenvalue weighted by atomic mass is 9.53. The number of aliphatic hydroxyl groups is 1. The van der Waals surface area contributed by atoms with Gasteiger partial charge in [0.2, 0.25) is 0 Å². The van der Waals surface area contributed by atoms with Crippen molar-refractivity contribution in [2.75, 3.05) is 11.1 Å². The molecule has 0 spiro atoms. The quantitative estimate of drug-likeness (QED) is 0.243. The minimum Gasteiger partial charge on any atom is -0.392 e. The highest BCUT2D eigenvalue weighted by atomic mass is 32.2. The van der Waals surface area contributed by atoms with E-state index in [2.05, 4.69) is 20.8 Å². The van der Waals surface area contributed by atoms with E-state index < -0.39 is 6.29 Å². The van der Waals surface area contributed by atoms with Crippen molar-refractivity contribution in [2.24, 2.45) is 17.8 Å². The standard InChI is InChI=1S/C32H38N4O4S2/c1-19-35-36-31(42-19)41-18-27-13-28(24-4-2-20(17-37)3-5-24)40-29(39-27)25-6-8-26(9-7-25)33-30(38)34-32-14-21-10-22(15-32)12-23(11-21)16-32/h2-9,21-23,27-29,37H,10-18H2,1H3,(H2,33,34,38). The van der Waals surface area contributed by atoms with Crippen LogP contribution in [-0.4, -0.2) is 38.7 Å². The first-order valence-electron chi connectivity index (χ1n) is 15.0. The molecule has 10 heteroatoms. The van der Waals surface area contributed by atoms with Crippen LogP contribution in [0.4, 0.5) is 10.5 Å². The monoisotopic (exact) mass is 606 g/mol. The molecule has 4 saturated carbocycles. The molecule has 1 saturated heterocycles. The molecule has 4 aliphatic carbocycles. The highest BCUT2D eigenvalue weighted by Gasteiger charge is 2.51. The number of benzene rings is 2. The van der Waals surface area contributed by atoms with Crippen LogP contribution < -0.4 is 10.6 Å². The molecule has 42 heavy (non-hydrogen) atoms. The molecular weight excluding hydrogens is 569 g/mol. The lowest BCUT2D eigenvalue weighted by Gasteiger charge is -2.56. The summed E-state index contributed by atoms with van der Waals surface area (Å²) >= 11 is 3.25. The van der Waals surface area contributed by atoms with Crippen LogP contribution in [0.5, 0.6) is 0 Å². The molecule has 222 valence electrons.